The second kappa shape index (κ2) is 5.73. The minimum absolute atomic E-state index is 0.495. The predicted octanol–water partition coefficient (Wildman–Crippen LogP) is 2.83. The van der Waals surface area contributed by atoms with Crippen LogP contribution in [0.4, 0.5) is 0 Å². The highest BCUT2D eigenvalue weighted by Gasteiger charge is 2.12. The van der Waals surface area contributed by atoms with E-state index < -0.39 is 0 Å². The Morgan fingerprint density at radius 3 is 2.44 bits per heavy atom. The largest absolute Gasteiger partial charge is 0.493 e. The Labute approximate surface area is 110 Å². The van der Waals surface area contributed by atoms with E-state index in [-0.39, 0.29) is 0 Å². The number of rotatable bonds is 3. The molecule has 1 aliphatic rings. The Bertz CT molecular complexity index is 500. The summed E-state index contributed by atoms with van der Waals surface area (Å²) >= 11 is 5.72. The standard InChI is InChI=1S/C12H13ClN2O3/c1-16-9-4-3-8(7-10(9)17-2)18-12-6-5-11(13)14-15-12/h3-4,7H,5-6H2,1-2H3. The summed E-state index contributed by atoms with van der Waals surface area (Å²) in [5.41, 5.74) is 0. The number of hydrogen-bond acceptors (Lipinski definition) is 5. The van der Waals surface area contributed by atoms with Crippen LogP contribution in [0.15, 0.2) is 28.4 Å². The maximum Gasteiger partial charge on any atom is 0.215 e. The summed E-state index contributed by atoms with van der Waals surface area (Å²) in [5, 5.41) is 8.15. The Balaban J connectivity index is 2.15. The van der Waals surface area contributed by atoms with Gasteiger partial charge in [-0.05, 0) is 12.1 Å². The number of methoxy groups -OCH3 is 2. The van der Waals surface area contributed by atoms with Crippen molar-refractivity contribution in [3.63, 3.8) is 0 Å². The number of nitrogens with zero attached hydrogens (tertiary/aromatic N) is 2. The molecule has 1 aromatic rings. The van der Waals surface area contributed by atoms with Crippen LogP contribution in [0.2, 0.25) is 0 Å². The SMILES string of the molecule is COc1ccc(OC2=NN=C(Cl)CC2)cc1OC. The Morgan fingerprint density at radius 2 is 1.83 bits per heavy atom. The van der Waals surface area contributed by atoms with Crippen LogP contribution < -0.4 is 14.2 Å². The van der Waals surface area contributed by atoms with E-state index in [0.717, 1.165) is 0 Å². The molecule has 1 aromatic carbocycles. The predicted molar refractivity (Wildman–Crippen MR) is 70.1 cm³/mol. The van der Waals surface area contributed by atoms with Crippen molar-refractivity contribution in [3.8, 4) is 17.2 Å². The van der Waals surface area contributed by atoms with Crippen LogP contribution in [0.3, 0.4) is 0 Å². The van der Waals surface area contributed by atoms with Gasteiger partial charge < -0.3 is 14.2 Å². The van der Waals surface area contributed by atoms with E-state index in [1.54, 1.807) is 32.4 Å². The molecule has 1 aliphatic heterocycles. The third kappa shape index (κ3) is 2.92. The molecule has 0 aliphatic carbocycles. The van der Waals surface area contributed by atoms with Crippen molar-refractivity contribution >= 4 is 22.7 Å². The average molecular weight is 269 g/mol. The normalized spacial score (nSPS) is 14.6. The molecule has 96 valence electrons. The van der Waals surface area contributed by atoms with Gasteiger partial charge in [-0.1, -0.05) is 11.6 Å². The highest BCUT2D eigenvalue weighted by atomic mass is 35.5. The first kappa shape index (κ1) is 12.7. The van der Waals surface area contributed by atoms with Crippen molar-refractivity contribution in [1.29, 1.82) is 0 Å². The topological polar surface area (TPSA) is 52.4 Å². The van der Waals surface area contributed by atoms with Gasteiger partial charge in [-0.3, -0.25) is 0 Å². The fourth-order valence-corrected chi connectivity index (χ4v) is 1.64. The summed E-state index contributed by atoms with van der Waals surface area (Å²) in [6, 6.07) is 5.29. The monoisotopic (exact) mass is 268 g/mol. The van der Waals surface area contributed by atoms with Crippen LogP contribution in [0.5, 0.6) is 17.2 Å². The molecule has 5 nitrogen and oxygen atoms in total. The fraction of sp³-hybridized carbons (Fsp3) is 0.333. The third-order valence-corrected chi connectivity index (χ3v) is 2.67. The van der Waals surface area contributed by atoms with Gasteiger partial charge in [0, 0.05) is 18.9 Å². The van der Waals surface area contributed by atoms with E-state index in [0.29, 0.717) is 41.2 Å². The molecular weight excluding hydrogens is 256 g/mol. The molecule has 0 spiro atoms. The summed E-state index contributed by atoms with van der Waals surface area (Å²) in [5.74, 6) is 2.41. The van der Waals surface area contributed by atoms with Crippen LogP contribution in [-0.4, -0.2) is 25.3 Å². The second-order valence-corrected chi connectivity index (χ2v) is 4.03. The minimum Gasteiger partial charge on any atom is -0.493 e. The van der Waals surface area contributed by atoms with E-state index in [4.69, 9.17) is 25.8 Å². The molecule has 0 unspecified atom stereocenters. The fourth-order valence-electron chi connectivity index (χ4n) is 1.51. The molecule has 18 heavy (non-hydrogen) atoms. The number of halogens is 1. The maximum atomic E-state index is 5.72. The second-order valence-electron chi connectivity index (χ2n) is 3.59. The molecule has 0 saturated heterocycles. The zero-order valence-electron chi connectivity index (χ0n) is 10.1. The molecule has 0 N–H and O–H groups in total. The van der Waals surface area contributed by atoms with Crippen molar-refractivity contribution in [2.75, 3.05) is 14.2 Å². The molecule has 0 atom stereocenters. The van der Waals surface area contributed by atoms with Gasteiger partial charge in [-0.15, -0.1) is 10.2 Å². The van der Waals surface area contributed by atoms with Crippen molar-refractivity contribution in [2.24, 2.45) is 10.2 Å². The molecule has 0 fully saturated rings. The van der Waals surface area contributed by atoms with Crippen molar-refractivity contribution in [3.05, 3.63) is 18.2 Å². The van der Waals surface area contributed by atoms with E-state index in [1.807, 2.05) is 0 Å². The summed E-state index contributed by atoms with van der Waals surface area (Å²) < 4.78 is 15.9. The number of ether oxygens (including phenoxy) is 3. The molecule has 0 aromatic heterocycles. The number of hydrogen-bond donors (Lipinski definition) is 0. The summed E-state index contributed by atoms with van der Waals surface area (Å²) in [6.07, 6.45) is 1.28. The van der Waals surface area contributed by atoms with Gasteiger partial charge in [-0.25, -0.2) is 0 Å². The molecule has 0 bridgehead atoms. The first-order valence-electron chi connectivity index (χ1n) is 5.41. The highest BCUT2D eigenvalue weighted by molar-refractivity contribution is 6.65. The van der Waals surface area contributed by atoms with Gasteiger partial charge >= 0.3 is 0 Å². The van der Waals surface area contributed by atoms with E-state index in [1.165, 1.54) is 0 Å². The first-order chi connectivity index (χ1) is 8.72. The Hall–Kier alpha value is -1.75. The lowest BCUT2D eigenvalue weighted by molar-refractivity contribution is 0.353. The lowest BCUT2D eigenvalue weighted by Gasteiger charge is -2.12. The van der Waals surface area contributed by atoms with E-state index in [2.05, 4.69) is 10.2 Å². The average Bonchev–Trinajstić information content (AvgIpc) is 2.41. The van der Waals surface area contributed by atoms with Gasteiger partial charge in [0.15, 0.2) is 11.5 Å². The van der Waals surface area contributed by atoms with Crippen LogP contribution >= 0.6 is 11.6 Å². The number of benzene rings is 1. The zero-order chi connectivity index (χ0) is 13.0. The van der Waals surface area contributed by atoms with Gasteiger partial charge in [0.1, 0.15) is 10.9 Å². The van der Waals surface area contributed by atoms with Crippen molar-refractivity contribution in [1.82, 2.24) is 0 Å². The third-order valence-electron chi connectivity index (χ3n) is 2.41. The maximum absolute atomic E-state index is 5.72. The van der Waals surface area contributed by atoms with E-state index >= 15 is 0 Å². The van der Waals surface area contributed by atoms with Gasteiger partial charge in [0.2, 0.25) is 5.90 Å². The Kier molecular flexibility index (Phi) is 4.04. The highest BCUT2D eigenvalue weighted by Crippen LogP contribution is 2.31. The first-order valence-corrected chi connectivity index (χ1v) is 5.79. The van der Waals surface area contributed by atoms with Crippen LogP contribution in [-0.2, 0) is 0 Å². The molecule has 0 saturated carbocycles. The van der Waals surface area contributed by atoms with Crippen LogP contribution in [0.25, 0.3) is 0 Å². The van der Waals surface area contributed by atoms with Crippen molar-refractivity contribution < 1.29 is 14.2 Å². The van der Waals surface area contributed by atoms with Crippen LogP contribution in [0, 0.1) is 0 Å². The minimum atomic E-state index is 0.495. The van der Waals surface area contributed by atoms with E-state index in [9.17, 15) is 0 Å². The van der Waals surface area contributed by atoms with Crippen molar-refractivity contribution in [2.45, 2.75) is 12.8 Å². The lowest BCUT2D eigenvalue weighted by atomic mass is 10.3. The lowest BCUT2D eigenvalue weighted by Crippen LogP contribution is -2.12. The van der Waals surface area contributed by atoms with Gasteiger partial charge in [-0.2, -0.15) is 0 Å². The molecule has 0 amide bonds. The summed E-state index contributed by atoms with van der Waals surface area (Å²) in [4.78, 5) is 0. The quantitative estimate of drug-likeness (QED) is 0.847. The van der Waals surface area contributed by atoms with Gasteiger partial charge in [0.05, 0.1) is 14.2 Å². The smallest absolute Gasteiger partial charge is 0.215 e. The van der Waals surface area contributed by atoms with Gasteiger partial charge in [0.25, 0.3) is 0 Å². The molecule has 1 heterocycles. The summed E-state index contributed by atoms with van der Waals surface area (Å²) in [6.45, 7) is 0. The molecule has 6 heteroatoms. The Morgan fingerprint density at radius 1 is 1.06 bits per heavy atom. The molecule has 2 rings (SSSR count). The molecule has 0 radical (unpaired) electrons. The summed E-state index contributed by atoms with van der Waals surface area (Å²) in [7, 11) is 3.16. The van der Waals surface area contributed by atoms with Crippen LogP contribution in [0.1, 0.15) is 12.8 Å². The zero-order valence-corrected chi connectivity index (χ0v) is 10.9. The molecular formula is C12H13ClN2O3.